The maximum Gasteiger partial charge on any atom is 0.146 e. The predicted molar refractivity (Wildman–Crippen MR) is 86.1 cm³/mol. The fourth-order valence-electron chi connectivity index (χ4n) is 3.21. The van der Waals surface area contributed by atoms with Crippen LogP contribution in [0.1, 0.15) is 24.4 Å². The van der Waals surface area contributed by atoms with E-state index in [2.05, 4.69) is 23.9 Å². The van der Waals surface area contributed by atoms with E-state index in [-0.39, 0.29) is 16.9 Å². The Morgan fingerprint density at radius 2 is 2.05 bits per heavy atom. The molecule has 1 fully saturated rings. The fourth-order valence-corrected chi connectivity index (χ4v) is 3.40. The quantitative estimate of drug-likeness (QED) is 0.907. The molecule has 3 nitrogen and oxygen atoms in total. The Bertz CT molecular complexity index is 459. The number of halogens is 2. The lowest BCUT2D eigenvalue weighted by Gasteiger charge is -2.38. The fraction of sp³-hybridized carbons (Fsp3) is 0.625. The summed E-state index contributed by atoms with van der Waals surface area (Å²) in [6.07, 6.45) is 2.27. The number of hydrogen-bond acceptors (Lipinski definition) is 3. The SMILES string of the molecule is CN(C)CC1CCN(C(CN)c2cccc(Cl)c2F)CC1. The molecule has 1 saturated heterocycles. The van der Waals surface area contributed by atoms with Crippen LogP contribution in [-0.4, -0.2) is 50.1 Å². The summed E-state index contributed by atoms with van der Waals surface area (Å²) in [5, 5.41) is 0.174. The second-order valence-corrected chi connectivity index (χ2v) is 6.54. The number of piperidine rings is 1. The van der Waals surface area contributed by atoms with Crippen LogP contribution < -0.4 is 5.73 Å². The first kappa shape index (κ1) is 16.7. The van der Waals surface area contributed by atoms with Crippen LogP contribution in [0.3, 0.4) is 0 Å². The van der Waals surface area contributed by atoms with Crippen molar-refractivity contribution in [2.24, 2.45) is 11.7 Å². The maximum atomic E-state index is 14.2. The van der Waals surface area contributed by atoms with Gasteiger partial charge in [0.05, 0.1) is 5.02 Å². The van der Waals surface area contributed by atoms with Gasteiger partial charge in [-0.1, -0.05) is 23.7 Å². The Labute approximate surface area is 131 Å². The number of nitrogens with zero attached hydrogens (tertiary/aromatic N) is 2. The summed E-state index contributed by atoms with van der Waals surface area (Å²) in [7, 11) is 4.22. The standard InChI is InChI=1S/C16H25ClFN3/c1-20(2)11-12-6-8-21(9-7-12)15(10-19)13-4-3-5-14(17)16(13)18/h3-5,12,15H,6-11,19H2,1-2H3. The zero-order chi connectivity index (χ0) is 15.4. The number of hydrogen-bond donors (Lipinski definition) is 1. The molecular formula is C16H25ClFN3. The van der Waals surface area contributed by atoms with Gasteiger partial charge in [0.15, 0.2) is 0 Å². The minimum atomic E-state index is -0.329. The highest BCUT2D eigenvalue weighted by molar-refractivity contribution is 6.30. The predicted octanol–water partition coefficient (Wildman–Crippen LogP) is 2.75. The van der Waals surface area contributed by atoms with Crippen molar-refractivity contribution < 1.29 is 4.39 Å². The molecule has 0 spiro atoms. The molecule has 1 aliphatic heterocycles. The van der Waals surface area contributed by atoms with Crippen molar-refractivity contribution in [2.75, 3.05) is 40.3 Å². The average Bonchev–Trinajstić information content (AvgIpc) is 2.45. The normalized spacial score (nSPS) is 19.1. The van der Waals surface area contributed by atoms with Crippen LogP contribution in [0.25, 0.3) is 0 Å². The van der Waals surface area contributed by atoms with Gasteiger partial charge in [0.25, 0.3) is 0 Å². The Balaban J connectivity index is 2.04. The summed E-state index contributed by atoms with van der Waals surface area (Å²) in [6.45, 7) is 3.46. The number of rotatable bonds is 5. The van der Waals surface area contributed by atoms with Crippen LogP contribution in [0.5, 0.6) is 0 Å². The van der Waals surface area contributed by atoms with Gasteiger partial charge >= 0.3 is 0 Å². The van der Waals surface area contributed by atoms with E-state index in [1.165, 1.54) is 0 Å². The van der Waals surface area contributed by atoms with Crippen molar-refractivity contribution in [3.8, 4) is 0 Å². The Kier molecular flexibility index (Phi) is 5.99. The van der Waals surface area contributed by atoms with Crippen molar-refractivity contribution in [1.82, 2.24) is 9.80 Å². The van der Waals surface area contributed by atoms with Gasteiger partial charge < -0.3 is 10.6 Å². The number of likely N-dealkylation sites (tertiary alicyclic amines) is 1. The van der Waals surface area contributed by atoms with Crippen LogP contribution in [0.4, 0.5) is 4.39 Å². The molecule has 0 radical (unpaired) electrons. The van der Waals surface area contributed by atoms with E-state index >= 15 is 0 Å². The molecule has 1 unspecified atom stereocenters. The lowest BCUT2D eigenvalue weighted by Crippen LogP contribution is -2.41. The molecule has 1 atom stereocenters. The molecule has 0 bridgehead atoms. The van der Waals surface area contributed by atoms with E-state index in [0.717, 1.165) is 38.4 Å². The molecule has 0 aromatic heterocycles. The van der Waals surface area contributed by atoms with Crippen LogP contribution in [0.2, 0.25) is 5.02 Å². The molecule has 1 aromatic rings. The molecule has 2 rings (SSSR count). The molecule has 0 aliphatic carbocycles. The number of nitrogens with two attached hydrogens (primary N) is 1. The van der Waals surface area contributed by atoms with Gasteiger partial charge in [-0.3, -0.25) is 4.90 Å². The summed E-state index contributed by atoms with van der Waals surface area (Å²) in [6, 6.07) is 5.09. The van der Waals surface area contributed by atoms with Crippen molar-refractivity contribution in [2.45, 2.75) is 18.9 Å². The first-order valence-corrected chi connectivity index (χ1v) is 7.93. The summed E-state index contributed by atoms with van der Waals surface area (Å²) < 4.78 is 14.2. The van der Waals surface area contributed by atoms with Crippen molar-refractivity contribution in [1.29, 1.82) is 0 Å². The molecule has 1 heterocycles. The van der Waals surface area contributed by atoms with E-state index in [1.54, 1.807) is 18.2 Å². The molecule has 2 N–H and O–H groups in total. The van der Waals surface area contributed by atoms with Crippen LogP contribution in [-0.2, 0) is 0 Å². The van der Waals surface area contributed by atoms with Crippen molar-refractivity contribution in [3.63, 3.8) is 0 Å². The second-order valence-electron chi connectivity index (χ2n) is 6.14. The average molecular weight is 314 g/mol. The second kappa shape index (κ2) is 7.54. The molecule has 5 heteroatoms. The Hall–Kier alpha value is -0.680. The lowest BCUT2D eigenvalue weighted by molar-refractivity contribution is 0.121. The minimum Gasteiger partial charge on any atom is -0.329 e. The molecular weight excluding hydrogens is 289 g/mol. The maximum absolute atomic E-state index is 14.2. The molecule has 1 aromatic carbocycles. The third-order valence-corrected chi connectivity index (χ3v) is 4.57. The number of benzene rings is 1. The summed E-state index contributed by atoms with van der Waals surface area (Å²) in [4.78, 5) is 4.53. The topological polar surface area (TPSA) is 32.5 Å². The molecule has 0 amide bonds. The van der Waals surface area contributed by atoms with Gasteiger partial charge in [-0.25, -0.2) is 4.39 Å². The van der Waals surface area contributed by atoms with Gasteiger partial charge in [0.2, 0.25) is 0 Å². The summed E-state index contributed by atoms with van der Waals surface area (Å²) in [5.41, 5.74) is 6.53. The third kappa shape index (κ3) is 4.16. The summed E-state index contributed by atoms with van der Waals surface area (Å²) in [5.74, 6) is 0.393. The smallest absolute Gasteiger partial charge is 0.146 e. The molecule has 1 aliphatic rings. The lowest BCUT2D eigenvalue weighted by atomic mass is 9.93. The monoisotopic (exact) mass is 313 g/mol. The van der Waals surface area contributed by atoms with E-state index in [1.807, 2.05) is 0 Å². The third-order valence-electron chi connectivity index (χ3n) is 4.28. The van der Waals surface area contributed by atoms with Crippen molar-refractivity contribution in [3.05, 3.63) is 34.6 Å². The van der Waals surface area contributed by atoms with E-state index in [0.29, 0.717) is 12.1 Å². The first-order chi connectivity index (χ1) is 10.0. The zero-order valence-corrected chi connectivity index (χ0v) is 13.6. The molecule has 118 valence electrons. The van der Waals surface area contributed by atoms with Crippen molar-refractivity contribution >= 4 is 11.6 Å². The van der Waals surface area contributed by atoms with E-state index < -0.39 is 0 Å². The van der Waals surface area contributed by atoms with Crippen LogP contribution in [0, 0.1) is 11.7 Å². The minimum absolute atomic E-state index is 0.0796. The van der Waals surface area contributed by atoms with E-state index in [4.69, 9.17) is 17.3 Å². The Morgan fingerprint density at radius 1 is 1.38 bits per heavy atom. The van der Waals surface area contributed by atoms with Gasteiger partial charge in [-0.05, 0) is 52.0 Å². The summed E-state index contributed by atoms with van der Waals surface area (Å²) >= 11 is 5.89. The van der Waals surface area contributed by atoms with Gasteiger partial charge in [-0.15, -0.1) is 0 Å². The zero-order valence-electron chi connectivity index (χ0n) is 12.9. The molecule has 21 heavy (non-hydrogen) atoms. The van der Waals surface area contributed by atoms with Gasteiger partial charge in [0.1, 0.15) is 5.82 Å². The highest BCUT2D eigenvalue weighted by atomic mass is 35.5. The van der Waals surface area contributed by atoms with Gasteiger partial charge in [-0.2, -0.15) is 0 Å². The van der Waals surface area contributed by atoms with Crippen LogP contribution >= 0.6 is 11.6 Å². The Morgan fingerprint density at radius 3 is 2.62 bits per heavy atom. The molecule has 0 saturated carbocycles. The highest BCUT2D eigenvalue weighted by Gasteiger charge is 2.27. The largest absolute Gasteiger partial charge is 0.329 e. The van der Waals surface area contributed by atoms with Crippen LogP contribution in [0.15, 0.2) is 18.2 Å². The first-order valence-electron chi connectivity index (χ1n) is 7.55. The van der Waals surface area contributed by atoms with Gasteiger partial charge in [0, 0.05) is 24.7 Å². The van der Waals surface area contributed by atoms with E-state index in [9.17, 15) is 4.39 Å². The highest BCUT2D eigenvalue weighted by Crippen LogP contribution is 2.30.